The maximum atomic E-state index is 9.00. The lowest BCUT2D eigenvalue weighted by Crippen LogP contribution is -2.08. The molecule has 3 heteroatoms. The highest BCUT2D eigenvalue weighted by Gasteiger charge is 2.15. The molecule has 0 bridgehead atoms. The number of aliphatic hydroxyl groups is 1. The van der Waals surface area contributed by atoms with E-state index in [1.165, 1.54) is 0 Å². The number of nitrogens with zero attached hydrogens (tertiary/aromatic N) is 1. The summed E-state index contributed by atoms with van der Waals surface area (Å²) in [7, 11) is 0. The van der Waals surface area contributed by atoms with Crippen molar-refractivity contribution in [3.05, 3.63) is 29.8 Å². The van der Waals surface area contributed by atoms with E-state index in [1.54, 1.807) is 11.8 Å². The van der Waals surface area contributed by atoms with Gasteiger partial charge in [0.25, 0.3) is 0 Å². The molecule has 0 amide bonds. The third kappa shape index (κ3) is 4.26. The van der Waals surface area contributed by atoms with Gasteiger partial charge in [0.15, 0.2) is 0 Å². The molecule has 0 saturated heterocycles. The van der Waals surface area contributed by atoms with E-state index in [4.69, 9.17) is 10.4 Å². The normalized spacial score (nSPS) is 11.1. The van der Waals surface area contributed by atoms with Crippen molar-refractivity contribution in [2.75, 3.05) is 5.75 Å². The summed E-state index contributed by atoms with van der Waals surface area (Å²) in [6.45, 7) is 3.99. The summed E-state index contributed by atoms with van der Waals surface area (Å²) < 4.78 is 0. The van der Waals surface area contributed by atoms with Gasteiger partial charge in [-0.25, -0.2) is 0 Å². The lowest BCUT2D eigenvalue weighted by Gasteiger charge is -2.14. The van der Waals surface area contributed by atoms with Crippen molar-refractivity contribution in [1.29, 1.82) is 5.26 Å². The minimum Gasteiger partial charge on any atom is -0.392 e. The Kier molecular flexibility index (Phi) is 4.85. The quantitative estimate of drug-likeness (QED) is 0.797. The predicted octanol–water partition coefficient (Wildman–Crippen LogP) is 3.21. The lowest BCUT2D eigenvalue weighted by atomic mass is 9.93. The molecule has 1 rings (SSSR count). The molecule has 1 aromatic rings. The van der Waals surface area contributed by atoms with Gasteiger partial charge in [-0.05, 0) is 43.7 Å². The lowest BCUT2D eigenvalue weighted by molar-refractivity contribution is 0.281. The number of hydrogen-bond acceptors (Lipinski definition) is 3. The van der Waals surface area contributed by atoms with Gasteiger partial charge in [0.1, 0.15) is 0 Å². The van der Waals surface area contributed by atoms with Crippen LogP contribution < -0.4 is 0 Å². The van der Waals surface area contributed by atoms with Gasteiger partial charge >= 0.3 is 0 Å². The van der Waals surface area contributed by atoms with E-state index in [2.05, 4.69) is 6.07 Å². The van der Waals surface area contributed by atoms with Gasteiger partial charge in [0.2, 0.25) is 0 Å². The molecule has 1 N–H and O–H groups in total. The second-order valence-electron chi connectivity index (χ2n) is 4.40. The predicted molar refractivity (Wildman–Crippen MR) is 67.1 cm³/mol. The average molecular weight is 235 g/mol. The Labute approximate surface area is 101 Å². The van der Waals surface area contributed by atoms with Crippen molar-refractivity contribution < 1.29 is 5.11 Å². The Hall–Kier alpha value is -0.980. The first kappa shape index (κ1) is 13.1. The molecular formula is C13H17NOS. The van der Waals surface area contributed by atoms with E-state index in [0.29, 0.717) is 0 Å². The largest absolute Gasteiger partial charge is 0.392 e. The Morgan fingerprint density at radius 2 is 2.19 bits per heavy atom. The monoisotopic (exact) mass is 235 g/mol. The van der Waals surface area contributed by atoms with E-state index in [1.807, 2.05) is 38.1 Å². The molecule has 0 aliphatic heterocycles. The highest BCUT2D eigenvalue weighted by Crippen LogP contribution is 2.26. The molecule has 0 unspecified atom stereocenters. The molecule has 0 fully saturated rings. The van der Waals surface area contributed by atoms with Crippen LogP contribution in [0.5, 0.6) is 0 Å². The van der Waals surface area contributed by atoms with Crippen molar-refractivity contribution in [2.45, 2.75) is 31.8 Å². The van der Waals surface area contributed by atoms with Gasteiger partial charge < -0.3 is 5.11 Å². The number of hydrogen-bond donors (Lipinski definition) is 1. The van der Waals surface area contributed by atoms with Crippen LogP contribution in [-0.4, -0.2) is 10.9 Å². The number of thioether (sulfide) groups is 1. The number of benzene rings is 1. The highest BCUT2D eigenvalue weighted by molar-refractivity contribution is 7.99. The molecule has 0 aromatic heterocycles. The van der Waals surface area contributed by atoms with Gasteiger partial charge in [-0.15, -0.1) is 11.8 Å². The molecule has 16 heavy (non-hydrogen) atoms. The van der Waals surface area contributed by atoms with Gasteiger partial charge in [-0.1, -0.05) is 12.1 Å². The fourth-order valence-electron chi connectivity index (χ4n) is 1.21. The van der Waals surface area contributed by atoms with Crippen LogP contribution in [0.2, 0.25) is 0 Å². The van der Waals surface area contributed by atoms with E-state index in [9.17, 15) is 0 Å². The van der Waals surface area contributed by atoms with Crippen LogP contribution in [0.3, 0.4) is 0 Å². The second-order valence-corrected chi connectivity index (χ2v) is 5.57. The van der Waals surface area contributed by atoms with E-state index < -0.39 is 0 Å². The summed E-state index contributed by atoms with van der Waals surface area (Å²) in [5.41, 5.74) is 0.686. The summed E-state index contributed by atoms with van der Waals surface area (Å²) in [4.78, 5) is 1.15. The maximum Gasteiger partial charge on any atom is 0.0684 e. The van der Waals surface area contributed by atoms with Crippen LogP contribution in [0.4, 0.5) is 0 Å². The first-order valence-electron chi connectivity index (χ1n) is 5.31. The number of rotatable bonds is 5. The standard InChI is InChI=1S/C13H17NOS/c1-13(2,10-14)6-7-16-12-5-3-4-11(8-12)9-15/h3-5,8,15H,6-7,9H2,1-2H3. The Morgan fingerprint density at radius 3 is 2.81 bits per heavy atom. The summed E-state index contributed by atoms with van der Waals surface area (Å²) >= 11 is 1.73. The molecule has 1 aromatic carbocycles. The fourth-order valence-corrected chi connectivity index (χ4v) is 2.47. The average Bonchev–Trinajstić information content (AvgIpc) is 2.29. The molecular weight excluding hydrogens is 218 g/mol. The van der Waals surface area contributed by atoms with Crippen LogP contribution in [0, 0.1) is 16.7 Å². The summed E-state index contributed by atoms with van der Waals surface area (Å²) in [6.07, 6.45) is 0.873. The summed E-state index contributed by atoms with van der Waals surface area (Å²) in [5, 5.41) is 17.9. The molecule has 0 aliphatic carbocycles. The van der Waals surface area contributed by atoms with E-state index in [-0.39, 0.29) is 12.0 Å². The minimum absolute atomic E-state index is 0.0814. The molecule has 0 atom stereocenters. The van der Waals surface area contributed by atoms with Crippen molar-refractivity contribution in [3.8, 4) is 6.07 Å². The number of aliphatic hydroxyl groups excluding tert-OH is 1. The molecule has 0 spiro atoms. The van der Waals surface area contributed by atoms with Crippen LogP contribution in [0.25, 0.3) is 0 Å². The zero-order valence-corrected chi connectivity index (χ0v) is 10.5. The van der Waals surface area contributed by atoms with Gasteiger partial charge in [-0.2, -0.15) is 5.26 Å². The summed E-state index contributed by atoms with van der Waals surface area (Å²) in [6, 6.07) is 10.2. The SMILES string of the molecule is CC(C)(C#N)CCSc1cccc(CO)c1. The Morgan fingerprint density at radius 1 is 1.44 bits per heavy atom. The van der Waals surface area contributed by atoms with Gasteiger partial charge in [-0.3, -0.25) is 0 Å². The molecule has 0 saturated carbocycles. The molecule has 86 valence electrons. The van der Waals surface area contributed by atoms with Crippen LogP contribution in [-0.2, 0) is 6.61 Å². The zero-order chi connectivity index (χ0) is 12.0. The van der Waals surface area contributed by atoms with E-state index >= 15 is 0 Å². The zero-order valence-electron chi connectivity index (χ0n) is 9.73. The van der Waals surface area contributed by atoms with Crippen molar-refractivity contribution in [1.82, 2.24) is 0 Å². The third-order valence-corrected chi connectivity index (χ3v) is 3.37. The molecule has 0 aliphatic rings. The van der Waals surface area contributed by atoms with Crippen LogP contribution >= 0.6 is 11.8 Å². The smallest absolute Gasteiger partial charge is 0.0684 e. The first-order chi connectivity index (χ1) is 7.57. The molecule has 2 nitrogen and oxygen atoms in total. The second kappa shape index (κ2) is 5.93. The summed E-state index contributed by atoms with van der Waals surface area (Å²) in [5.74, 6) is 0.926. The third-order valence-electron chi connectivity index (χ3n) is 2.38. The van der Waals surface area contributed by atoms with E-state index in [0.717, 1.165) is 22.6 Å². The maximum absolute atomic E-state index is 9.00. The fraction of sp³-hybridized carbons (Fsp3) is 0.462. The van der Waals surface area contributed by atoms with Gasteiger partial charge in [0.05, 0.1) is 18.1 Å². The Bertz CT molecular complexity index is 382. The molecule has 0 radical (unpaired) electrons. The van der Waals surface area contributed by atoms with Crippen molar-refractivity contribution >= 4 is 11.8 Å². The first-order valence-corrected chi connectivity index (χ1v) is 6.30. The van der Waals surface area contributed by atoms with Crippen molar-refractivity contribution in [2.24, 2.45) is 5.41 Å². The van der Waals surface area contributed by atoms with Gasteiger partial charge in [0, 0.05) is 4.90 Å². The van der Waals surface area contributed by atoms with Crippen LogP contribution in [0.1, 0.15) is 25.8 Å². The molecule has 0 heterocycles. The Balaban J connectivity index is 2.46. The van der Waals surface area contributed by atoms with Crippen LogP contribution in [0.15, 0.2) is 29.2 Å². The number of nitriles is 1. The topological polar surface area (TPSA) is 44.0 Å². The van der Waals surface area contributed by atoms with Crippen molar-refractivity contribution in [3.63, 3.8) is 0 Å². The highest BCUT2D eigenvalue weighted by atomic mass is 32.2. The minimum atomic E-state index is -0.248.